The van der Waals surface area contributed by atoms with Crippen LogP contribution in [0.3, 0.4) is 0 Å². The van der Waals surface area contributed by atoms with Gasteiger partial charge in [0.05, 0.1) is 17.4 Å². The molecule has 5 rings (SSSR count). The highest BCUT2D eigenvalue weighted by Gasteiger charge is 2.20. The number of fused-ring (bicyclic) bond motifs is 3. The summed E-state index contributed by atoms with van der Waals surface area (Å²) >= 11 is 0. The highest BCUT2D eigenvalue weighted by molar-refractivity contribution is 5.79. The molecule has 126 valence electrons. The summed E-state index contributed by atoms with van der Waals surface area (Å²) < 4.78 is 2.24. The summed E-state index contributed by atoms with van der Waals surface area (Å²) in [6, 6.07) is 10.6. The molecule has 0 radical (unpaired) electrons. The molecule has 0 amide bonds. The van der Waals surface area contributed by atoms with Crippen molar-refractivity contribution in [2.24, 2.45) is 0 Å². The zero-order chi connectivity index (χ0) is 16.6. The fraction of sp³-hybridized carbons (Fsp3) is 0.333. The highest BCUT2D eigenvalue weighted by atomic mass is 15.1. The molecule has 1 N–H and O–H groups in total. The van der Waals surface area contributed by atoms with Crippen LogP contribution in [0, 0.1) is 0 Å². The van der Waals surface area contributed by atoms with E-state index in [1.54, 1.807) is 0 Å². The lowest BCUT2D eigenvalue weighted by Crippen LogP contribution is -2.04. The Morgan fingerprint density at radius 2 is 1.92 bits per heavy atom. The first kappa shape index (κ1) is 14.7. The van der Waals surface area contributed by atoms with Crippen molar-refractivity contribution >= 4 is 16.8 Å². The number of rotatable bonds is 3. The van der Waals surface area contributed by atoms with Crippen molar-refractivity contribution in [2.45, 2.75) is 44.4 Å². The molecule has 0 atom stereocenters. The molecule has 1 aromatic carbocycles. The molecule has 4 heteroatoms. The molecule has 0 bridgehead atoms. The smallest absolute Gasteiger partial charge is 0.156 e. The van der Waals surface area contributed by atoms with Gasteiger partial charge in [0.15, 0.2) is 11.3 Å². The number of imidazole rings is 1. The molecule has 1 aliphatic carbocycles. The van der Waals surface area contributed by atoms with Gasteiger partial charge in [0.25, 0.3) is 0 Å². The van der Waals surface area contributed by atoms with E-state index in [0.717, 1.165) is 23.2 Å². The molecule has 1 aliphatic rings. The number of H-pyrrole nitrogens is 1. The molecule has 0 unspecified atom stereocenters. The Morgan fingerprint density at radius 3 is 2.76 bits per heavy atom. The average Bonchev–Trinajstić information content (AvgIpc) is 3.27. The van der Waals surface area contributed by atoms with Gasteiger partial charge in [0, 0.05) is 30.3 Å². The Bertz CT molecular complexity index is 1010. The molecule has 3 heterocycles. The summed E-state index contributed by atoms with van der Waals surface area (Å²) in [6.07, 6.45) is 13.7. The van der Waals surface area contributed by atoms with Crippen LogP contribution < -0.4 is 0 Å². The average molecular weight is 330 g/mol. The van der Waals surface area contributed by atoms with Gasteiger partial charge in [0.1, 0.15) is 0 Å². The second kappa shape index (κ2) is 6.03. The topological polar surface area (TPSA) is 46.0 Å². The van der Waals surface area contributed by atoms with E-state index in [4.69, 9.17) is 4.98 Å². The first-order chi connectivity index (χ1) is 12.4. The minimum absolute atomic E-state index is 0.611. The monoisotopic (exact) mass is 330 g/mol. The third-order valence-corrected chi connectivity index (χ3v) is 5.47. The predicted octanol–water partition coefficient (Wildman–Crippen LogP) is 4.85. The second-order valence-corrected chi connectivity index (χ2v) is 7.16. The maximum Gasteiger partial charge on any atom is 0.156 e. The van der Waals surface area contributed by atoms with E-state index in [0.29, 0.717) is 5.92 Å². The molecule has 1 fully saturated rings. The van der Waals surface area contributed by atoms with E-state index in [1.165, 1.54) is 48.9 Å². The van der Waals surface area contributed by atoms with Crippen molar-refractivity contribution in [3.8, 4) is 0 Å². The number of aromatic nitrogens is 4. The SMILES string of the molecule is c1ccc(Cc2c[nH]c3ncc4nc(C5CCCCC5)cn4c23)cc1. The number of nitrogens with zero attached hydrogens (tertiary/aromatic N) is 3. The van der Waals surface area contributed by atoms with Crippen molar-refractivity contribution < 1.29 is 0 Å². The van der Waals surface area contributed by atoms with Gasteiger partial charge in [-0.25, -0.2) is 9.97 Å². The lowest BCUT2D eigenvalue weighted by molar-refractivity contribution is 0.438. The lowest BCUT2D eigenvalue weighted by Gasteiger charge is -2.19. The van der Waals surface area contributed by atoms with Crippen LogP contribution in [0.2, 0.25) is 0 Å². The van der Waals surface area contributed by atoms with E-state index >= 15 is 0 Å². The molecule has 4 nitrogen and oxygen atoms in total. The summed E-state index contributed by atoms with van der Waals surface area (Å²) in [7, 11) is 0. The van der Waals surface area contributed by atoms with Crippen molar-refractivity contribution in [1.29, 1.82) is 0 Å². The van der Waals surface area contributed by atoms with Gasteiger partial charge in [-0.15, -0.1) is 0 Å². The van der Waals surface area contributed by atoms with E-state index < -0.39 is 0 Å². The van der Waals surface area contributed by atoms with Crippen molar-refractivity contribution in [2.75, 3.05) is 0 Å². The number of aromatic amines is 1. The molecule has 0 saturated heterocycles. The molecule has 3 aromatic heterocycles. The van der Waals surface area contributed by atoms with Crippen molar-refractivity contribution in [3.63, 3.8) is 0 Å². The Balaban J connectivity index is 1.61. The largest absolute Gasteiger partial charge is 0.345 e. The van der Waals surface area contributed by atoms with Gasteiger partial charge in [-0.05, 0) is 18.4 Å². The molecule has 0 spiro atoms. The molecule has 4 aromatic rings. The summed E-state index contributed by atoms with van der Waals surface area (Å²) in [5, 5.41) is 0. The zero-order valence-corrected chi connectivity index (χ0v) is 14.3. The molecule has 0 aliphatic heterocycles. The van der Waals surface area contributed by atoms with Gasteiger partial charge in [-0.2, -0.15) is 0 Å². The Hall–Kier alpha value is -2.62. The van der Waals surface area contributed by atoms with Crippen LogP contribution in [0.1, 0.15) is 54.8 Å². The van der Waals surface area contributed by atoms with E-state index in [-0.39, 0.29) is 0 Å². The first-order valence-corrected chi connectivity index (χ1v) is 9.26. The van der Waals surface area contributed by atoms with Gasteiger partial charge in [-0.1, -0.05) is 49.6 Å². The summed E-state index contributed by atoms with van der Waals surface area (Å²) in [5.74, 6) is 0.611. The molecule has 1 saturated carbocycles. The van der Waals surface area contributed by atoms with Crippen LogP contribution in [0.15, 0.2) is 48.9 Å². The van der Waals surface area contributed by atoms with Crippen LogP contribution in [0.5, 0.6) is 0 Å². The van der Waals surface area contributed by atoms with E-state index in [9.17, 15) is 0 Å². The van der Waals surface area contributed by atoms with Crippen LogP contribution in [-0.4, -0.2) is 19.4 Å². The van der Waals surface area contributed by atoms with Gasteiger partial charge in [0.2, 0.25) is 0 Å². The summed E-state index contributed by atoms with van der Waals surface area (Å²) in [5.41, 5.74) is 6.88. The number of hydrogen-bond acceptors (Lipinski definition) is 2. The fourth-order valence-corrected chi connectivity index (χ4v) is 4.16. The van der Waals surface area contributed by atoms with Crippen LogP contribution in [-0.2, 0) is 6.42 Å². The fourth-order valence-electron chi connectivity index (χ4n) is 4.16. The minimum atomic E-state index is 0.611. The number of hydrogen-bond donors (Lipinski definition) is 1. The summed E-state index contributed by atoms with van der Waals surface area (Å²) in [6.45, 7) is 0. The van der Waals surface area contributed by atoms with Gasteiger partial charge in [-0.3, -0.25) is 4.40 Å². The number of nitrogens with one attached hydrogen (secondary N) is 1. The van der Waals surface area contributed by atoms with Gasteiger partial charge < -0.3 is 4.98 Å². The number of benzene rings is 1. The first-order valence-electron chi connectivity index (χ1n) is 9.26. The zero-order valence-electron chi connectivity index (χ0n) is 14.3. The van der Waals surface area contributed by atoms with Crippen molar-refractivity contribution in [1.82, 2.24) is 19.4 Å². The summed E-state index contributed by atoms with van der Waals surface area (Å²) in [4.78, 5) is 12.8. The quantitative estimate of drug-likeness (QED) is 0.584. The third-order valence-electron chi connectivity index (χ3n) is 5.47. The maximum atomic E-state index is 4.90. The Kier molecular flexibility index (Phi) is 3.54. The molecule has 25 heavy (non-hydrogen) atoms. The molecular weight excluding hydrogens is 308 g/mol. The Labute approximate surface area is 146 Å². The highest BCUT2D eigenvalue weighted by Crippen LogP contribution is 2.33. The standard InChI is InChI=1S/C21H22N4/c1-3-7-15(8-4-1)11-17-12-22-21-20(17)25-14-18(24-19(25)13-23-21)16-9-5-2-6-10-16/h1,3-4,7-8,12-14,16,22H,2,5-6,9-11H2. The van der Waals surface area contributed by atoms with E-state index in [2.05, 4.69) is 57.1 Å². The maximum absolute atomic E-state index is 4.90. The van der Waals surface area contributed by atoms with Crippen molar-refractivity contribution in [3.05, 3.63) is 65.7 Å². The minimum Gasteiger partial charge on any atom is -0.345 e. The van der Waals surface area contributed by atoms with Crippen LogP contribution >= 0.6 is 0 Å². The molecular formula is C21H22N4. The normalized spacial score (nSPS) is 16.0. The van der Waals surface area contributed by atoms with Gasteiger partial charge >= 0.3 is 0 Å². The van der Waals surface area contributed by atoms with Crippen LogP contribution in [0.25, 0.3) is 16.8 Å². The third kappa shape index (κ3) is 2.62. The predicted molar refractivity (Wildman–Crippen MR) is 99.9 cm³/mol. The lowest BCUT2D eigenvalue weighted by atomic mass is 9.87. The Morgan fingerprint density at radius 1 is 1.08 bits per heavy atom. The van der Waals surface area contributed by atoms with E-state index in [1.807, 2.05) is 6.20 Å². The van der Waals surface area contributed by atoms with Crippen LogP contribution in [0.4, 0.5) is 0 Å². The second-order valence-electron chi connectivity index (χ2n) is 7.16.